The molecule has 0 rings (SSSR count). The maximum absolute atomic E-state index is 5.44. The Hall–Kier alpha value is -0.380. The first-order chi connectivity index (χ1) is 7.45. The Morgan fingerprint density at radius 3 is 2.12 bits per heavy atom. The van der Waals surface area contributed by atoms with Gasteiger partial charge in [-0.3, -0.25) is 0 Å². The second kappa shape index (κ2) is 8.74. The lowest BCUT2D eigenvalue weighted by Gasteiger charge is -2.19. The average molecular weight is 229 g/mol. The minimum atomic E-state index is 0.321. The molecule has 0 aromatic rings. The summed E-state index contributed by atoms with van der Waals surface area (Å²) in [6.45, 7) is 13.9. The molecule has 2 N–H and O–H groups in total. The van der Waals surface area contributed by atoms with Crippen molar-refractivity contribution in [2.75, 3.05) is 33.0 Å². The van der Waals surface area contributed by atoms with Crippen molar-refractivity contribution in [1.82, 2.24) is 0 Å². The lowest BCUT2D eigenvalue weighted by Crippen LogP contribution is -2.12. The second-order valence-corrected chi connectivity index (χ2v) is 5.25. The largest absolute Gasteiger partial charge is 0.379 e. The van der Waals surface area contributed by atoms with Gasteiger partial charge in [0.15, 0.2) is 0 Å². The minimum Gasteiger partial charge on any atom is -0.379 e. The van der Waals surface area contributed by atoms with E-state index >= 15 is 0 Å². The van der Waals surface area contributed by atoms with E-state index in [0.29, 0.717) is 31.8 Å². The zero-order valence-corrected chi connectivity index (χ0v) is 11.1. The predicted molar refractivity (Wildman–Crippen MR) is 68.5 cm³/mol. The number of rotatable bonds is 9. The lowest BCUT2D eigenvalue weighted by atomic mass is 9.87. The highest BCUT2D eigenvalue weighted by molar-refractivity contribution is 4.97. The highest BCUT2D eigenvalue weighted by Crippen LogP contribution is 2.24. The Labute approximate surface area is 100.0 Å². The van der Waals surface area contributed by atoms with Crippen molar-refractivity contribution >= 4 is 0 Å². The molecule has 0 aromatic heterocycles. The highest BCUT2D eigenvalue weighted by Gasteiger charge is 2.11. The van der Waals surface area contributed by atoms with Gasteiger partial charge in [0, 0.05) is 6.54 Å². The van der Waals surface area contributed by atoms with Crippen molar-refractivity contribution in [2.45, 2.75) is 33.6 Å². The highest BCUT2D eigenvalue weighted by atomic mass is 16.5. The van der Waals surface area contributed by atoms with Crippen LogP contribution in [0.4, 0.5) is 0 Å². The van der Waals surface area contributed by atoms with Crippen LogP contribution in [0.2, 0.25) is 0 Å². The molecule has 0 amide bonds. The number of ether oxygens (including phenoxy) is 2. The fourth-order valence-electron chi connectivity index (χ4n) is 1.46. The van der Waals surface area contributed by atoms with Gasteiger partial charge in [-0.1, -0.05) is 32.9 Å². The van der Waals surface area contributed by atoms with Gasteiger partial charge in [-0.25, -0.2) is 0 Å². The van der Waals surface area contributed by atoms with Crippen LogP contribution in [-0.4, -0.2) is 33.0 Å². The maximum Gasteiger partial charge on any atom is 0.0701 e. The molecular weight excluding hydrogens is 202 g/mol. The van der Waals surface area contributed by atoms with E-state index in [1.807, 2.05) is 0 Å². The molecule has 0 unspecified atom stereocenters. The summed E-state index contributed by atoms with van der Waals surface area (Å²) in [5.41, 5.74) is 6.87. The molecule has 16 heavy (non-hydrogen) atoms. The molecule has 0 radical (unpaired) electrons. The molecular formula is C13H27NO2. The molecule has 3 nitrogen and oxygen atoms in total. The third-order valence-electron chi connectivity index (χ3n) is 2.01. The molecule has 0 atom stereocenters. The van der Waals surface area contributed by atoms with Crippen molar-refractivity contribution in [1.29, 1.82) is 0 Å². The Balaban J connectivity index is 3.28. The van der Waals surface area contributed by atoms with Gasteiger partial charge in [0.25, 0.3) is 0 Å². The molecule has 96 valence electrons. The first-order valence-corrected chi connectivity index (χ1v) is 5.98. The van der Waals surface area contributed by atoms with Gasteiger partial charge in [-0.2, -0.15) is 0 Å². The third kappa shape index (κ3) is 11.7. The molecule has 0 aliphatic rings. The van der Waals surface area contributed by atoms with Crippen LogP contribution >= 0.6 is 0 Å². The Bertz CT molecular complexity index is 185. The number of nitrogens with two attached hydrogens (primary N) is 1. The molecule has 0 aromatic carbocycles. The van der Waals surface area contributed by atoms with Crippen molar-refractivity contribution in [2.24, 2.45) is 11.1 Å². The van der Waals surface area contributed by atoms with Crippen LogP contribution < -0.4 is 5.73 Å². The van der Waals surface area contributed by atoms with Gasteiger partial charge in [0.05, 0.1) is 26.4 Å². The minimum absolute atomic E-state index is 0.321. The SMILES string of the molecule is C=C(CCOCCOCCN)CC(C)(C)C. The summed E-state index contributed by atoms with van der Waals surface area (Å²) < 4.78 is 10.6. The van der Waals surface area contributed by atoms with E-state index in [-0.39, 0.29) is 0 Å². The van der Waals surface area contributed by atoms with Gasteiger partial charge in [-0.15, -0.1) is 0 Å². The van der Waals surface area contributed by atoms with Crippen molar-refractivity contribution in [3.05, 3.63) is 12.2 Å². The van der Waals surface area contributed by atoms with E-state index in [4.69, 9.17) is 15.2 Å². The van der Waals surface area contributed by atoms with Crippen molar-refractivity contribution in [3.8, 4) is 0 Å². The molecule has 0 saturated heterocycles. The molecule has 0 aliphatic heterocycles. The number of hydrogen-bond acceptors (Lipinski definition) is 3. The van der Waals surface area contributed by atoms with E-state index in [9.17, 15) is 0 Å². The monoisotopic (exact) mass is 229 g/mol. The lowest BCUT2D eigenvalue weighted by molar-refractivity contribution is 0.0516. The Morgan fingerprint density at radius 2 is 1.62 bits per heavy atom. The topological polar surface area (TPSA) is 44.5 Å². The maximum atomic E-state index is 5.44. The van der Waals surface area contributed by atoms with Crippen LogP contribution in [0.1, 0.15) is 33.6 Å². The van der Waals surface area contributed by atoms with E-state index in [0.717, 1.165) is 19.4 Å². The first-order valence-electron chi connectivity index (χ1n) is 5.98. The van der Waals surface area contributed by atoms with Crippen LogP contribution in [0, 0.1) is 5.41 Å². The zero-order chi connectivity index (χ0) is 12.4. The fourth-order valence-corrected chi connectivity index (χ4v) is 1.46. The van der Waals surface area contributed by atoms with Crippen molar-refractivity contribution < 1.29 is 9.47 Å². The van der Waals surface area contributed by atoms with Gasteiger partial charge in [0.1, 0.15) is 0 Å². The molecule has 0 saturated carbocycles. The van der Waals surface area contributed by atoms with Crippen LogP contribution in [0.25, 0.3) is 0 Å². The Kier molecular flexibility index (Phi) is 8.53. The van der Waals surface area contributed by atoms with Gasteiger partial charge in [-0.05, 0) is 18.3 Å². The van der Waals surface area contributed by atoms with Crippen LogP contribution in [-0.2, 0) is 9.47 Å². The van der Waals surface area contributed by atoms with Gasteiger partial charge in [0.2, 0.25) is 0 Å². The second-order valence-electron chi connectivity index (χ2n) is 5.25. The first kappa shape index (κ1) is 15.6. The predicted octanol–water partition coefficient (Wildman–Crippen LogP) is 2.36. The summed E-state index contributed by atoms with van der Waals surface area (Å²) in [7, 11) is 0. The molecule has 0 aliphatic carbocycles. The van der Waals surface area contributed by atoms with E-state index < -0.39 is 0 Å². The molecule has 0 heterocycles. The summed E-state index contributed by atoms with van der Waals surface area (Å²) in [5.74, 6) is 0. The standard InChI is InChI=1S/C13H27NO2/c1-12(11-13(2,3)4)5-7-15-9-10-16-8-6-14/h1,5-11,14H2,2-4H3. The normalized spacial score (nSPS) is 11.8. The summed E-state index contributed by atoms with van der Waals surface area (Å²) in [6.07, 6.45) is 1.99. The van der Waals surface area contributed by atoms with E-state index in [1.54, 1.807) is 0 Å². The van der Waals surface area contributed by atoms with Crippen LogP contribution in [0.3, 0.4) is 0 Å². The fraction of sp³-hybridized carbons (Fsp3) is 0.846. The zero-order valence-electron chi connectivity index (χ0n) is 11.1. The van der Waals surface area contributed by atoms with Crippen LogP contribution in [0.15, 0.2) is 12.2 Å². The Morgan fingerprint density at radius 1 is 1.06 bits per heavy atom. The molecule has 0 bridgehead atoms. The van der Waals surface area contributed by atoms with Crippen LogP contribution in [0.5, 0.6) is 0 Å². The molecule has 0 spiro atoms. The van der Waals surface area contributed by atoms with Gasteiger partial charge >= 0.3 is 0 Å². The van der Waals surface area contributed by atoms with E-state index in [2.05, 4.69) is 27.4 Å². The smallest absolute Gasteiger partial charge is 0.0701 e. The van der Waals surface area contributed by atoms with E-state index in [1.165, 1.54) is 5.57 Å². The summed E-state index contributed by atoms with van der Waals surface area (Å²) in [4.78, 5) is 0. The third-order valence-corrected chi connectivity index (χ3v) is 2.01. The summed E-state index contributed by atoms with van der Waals surface area (Å²) >= 11 is 0. The molecule has 0 fully saturated rings. The quantitative estimate of drug-likeness (QED) is 0.487. The summed E-state index contributed by atoms with van der Waals surface area (Å²) in [6, 6.07) is 0. The average Bonchev–Trinajstić information content (AvgIpc) is 2.13. The van der Waals surface area contributed by atoms with Gasteiger partial charge < -0.3 is 15.2 Å². The van der Waals surface area contributed by atoms with Crippen molar-refractivity contribution in [3.63, 3.8) is 0 Å². The number of hydrogen-bond donors (Lipinski definition) is 1. The summed E-state index contributed by atoms with van der Waals surface area (Å²) in [5, 5.41) is 0. The molecule has 3 heteroatoms.